The molecule has 0 aromatic rings. The van der Waals surface area contributed by atoms with Crippen LogP contribution >= 0.6 is 0 Å². The minimum atomic E-state index is 0.0436. The van der Waals surface area contributed by atoms with E-state index in [2.05, 4.69) is 25.2 Å². The van der Waals surface area contributed by atoms with Crippen molar-refractivity contribution in [1.82, 2.24) is 5.32 Å². The highest BCUT2D eigenvalue weighted by molar-refractivity contribution is 5.77. The van der Waals surface area contributed by atoms with Gasteiger partial charge in [0.1, 0.15) is 0 Å². The molecule has 3 aliphatic carbocycles. The van der Waals surface area contributed by atoms with E-state index in [4.69, 9.17) is 4.74 Å². The van der Waals surface area contributed by atoms with Crippen molar-refractivity contribution in [3.8, 4) is 0 Å². The highest BCUT2D eigenvalue weighted by atomic mass is 16.5. The molecule has 4 aliphatic rings. The first-order chi connectivity index (χ1) is 11.0. The molecule has 0 radical (unpaired) electrons. The molecule has 1 aliphatic heterocycles. The lowest BCUT2D eigenvalue weighted by atomic mass is 9.48. The number of carbonyl (C=O) groups is 1. The molecule has 1 heterocycles. The van der Waals surface area contributed by atoms with Crippen LogP contribution in [0.5, 0.6) is 0 Å². The lowest BCUT2D eigenvalue weighted by Gasteiger charge is -2.59. The van der Waals surface area contributed by atoms with Crippen molar-refractivity contribution in [2.24, 2.45) is 23.2 Å². The highest BCUT2D eigenvalue weighted by Crippen LogP contribution is 2.60. The number of rotatable bonds is 1. The Kier molecular flexibility index (Phi) is 3.64. The molecule has 0 spiro atoms. The summed E-state index contributed by atoms with van der Waals surface area (Å²) in [5, 5.41) is 3.35. The number of nitrogens with one attached hydrogen (secondary N) is 1. The van der Waals surface area contributed by atoms with Crippen molar-refractivity contribution < 1.29 is 9.53 Å². The van der Waals surface area contributed by atoms with Gasteiger partial charge < -0.3 is 10.1 Å². The van der Waals surface area contributed by atoms with Crippen molar-refractivity contribution >= 4 is 5.91 Å². The average Bonchev–Trinajstić information content (AvgIpc) is 2.52. The molecule has 1 amide bonds. The smallest absolute Gasteiger partial charge is 0.220 e. The molecule has 23 heavy (non-hydrogen) atoms. The van der Waals surface area contributed by atoms with Crippen molar-refractivity contribution in [2.45, 2.75) is 76.9 Å². The van der Waals surface area contributed by atoms with Crippen LogP contribution in [0.4, 0.5) is 0 Å². The van der Waals surface area contributed by atoms with Crippen LogP contribution in [0.25, 0.3) is 0 Å². The quantitative estimate of drug-likeness (QED) is 0.746. The SMILES string of the molecule is CO[C@@H]1CC[C@@]2(C)C(=CC[C@H]3[C@H]4CCC(=O)N[C@]4(C)CC[C@@H]32)C1. The summed E-state index contributed by atoms with van der Waals surface area (Å²) in [6, 6.07) is 0. The van der Waals surface area contributed by atoms with Gasteiger partial charge in [-0.25, -0.2) is 0 Å². The lowest BCUT2D eigenvalue weighted by molar-refractivity contribution is -0.131. The van der Waals surface area contributed by atoms with Crippen molar-refractivity contribution in [3.63, 3.8) is 0 Å². The van der Waals surface area contributed by atoms with Gasteiger partial charge in [-0.1, -0.05) is 18.6 Å². The summed E-state index contributed by atoms with van der Waals surface area (Å²) in [5.41, 5.74) is 2.09. The molecule has 2 saturated carbocycles. The molecule has 3 heteroatoms. The van der Waals surface area contributed by atoms with Gasteiger partial charge in [-0.05, 0) is 75.0 Å². The van der Waals surface area contributed by atoms with Crippen LogP contribution < -0.4 is 5.32 Å². The predicted octanol–water partition coefficient (Wildman–Crippen LogP) is 3.83. The van der Waals surface area contributed by atoms with Crippen LogP contribution in [0.3, 0.4) is 0 Å². The Morgan fingerprint density at radius 3 is 2.78 bits per heavy atom. The van der Waals surface area contributed by atoms with Gasteiger partial charge in [-0.3, -0.25) is 4.79 Å². The zero-order valence-electron chi connectivity index (χ0n) is 14.9. The lowest BCUT2D eigenvalue weighted by Crippen LogP contribution is -2.62. The number of hydrogen-bond acceptors (Lipinski definition) is 2. The number of carbonyl (C=O) groups excluding carboxylic acids is 1. The number of ether oxygens (including phenoxy) is 1. The zero-order chi connectivity index (χ0) is 16.2. The van der Waals surface area contributed by atoms with Crippen LogP contribution in [0.1, 0.15) is 65.2 Å². The molecule has 1 N–H and O–H groups in total. The fourth-order valence-electron chi connectivity index (χ4n) is 6.50. The molecule has 3 fully saturated rings. The summed E-state index contributed by atoms with van der Waals surface area (Å²) < 4.78 is 5.65. The van der Waals surface area contributed by atoms with E-state index in [1.807, 2.05) is 7.11 Å². The Labute approximate surface area is 140 Å². The molecule has 0 aromatic heterocycles. The van der Waals surface area contributed by atoms with Crippen LogP contribution in [0.2, 0.25) is 0 Å². The number of allylic oxidation sites excluding steroid dienone is 1. The monoisotopic (exact) mass is 317 g/mol. The van der Waals surface area contributed by atoms with E-state index >= 15 is 0 Å². The maximum Gasteiger partial charge on any atom is 0.220 e. The Balaban J connectivity index is 1.63. The molecule has 0 bridgehead atoms. The molecule has 0 unspecified atom stereocenters. The number of amides is 1. The second-order valence-electron chi connectivity index (χ2n) is 8.90. The van der Waals surface area contributed by atoms with Gasteiger partial charge in [0.25, 0.3) is 0 Å². The van der Waals surface area contributed by atoms with E-state index in [0.717, 1.165) is 37.5 Å². The van der Waals surface area contributed by atoms with Crippen LogP contribution in [-0.2, 0) is 9.53 Å². The third-order valence-corrected chi connectivity index (χ3v) is 7.89. The zero-order valence-corrected chi connectivity index (χ0v) is 14.9. The summed E-state index contributed by atoms with van der Waals surface area (Å²) in [4.78, 5) is 11.9. The number of hydrogen-bond donors (Lipinski definition) is 1. The molecule has 4 rings (SSSR count). The molecular weight excluding hydrogens is 286 g/mol. The van der Waals surface area contributed by atoms with Gasteiger partial charge in [-0.15, -0.1) is 0 Å². The summed E-state index contributed by atoms with van der Waals surface area (Å²) in [5.74, 6) is 2.48. The second kappa shape index (κ2) is 5.34. The van der Waals surface area contributed by atoms with Gasteiger partial charge >= 0.3 is 0 Å². The normalized spacial score (nSPS) is 49.3. The maximum atomic E-state index is 11.9. The van der Waals surface area contributed by atoms with E-state index in [1.54, 1.807) is 5.57 Å². The van der Waals surface area contributed by atoms with E-state index in [-0.39, 0.29) is 11.4 Å². The largest absolute Gasteiger partial charge is 0.381 e. The molecule has 128 valence electrons. The van der Waals surface area contributed by atoms with Crippen LogP contribution in [-0.4, -0.2) is 24.7 Å². The third kappa shape index (κ3) is 2.30. The first kappa shape index (κ1) is 15.7. The van der Waals surface area contributed by atoms with Gasteiger partial charge in [0.05, 0.1) is 6.10 Å². The molecular formula is C20H31NO2. The fourth-order valence-corrected chi connectivity index (χ4v) is 6.50. The Hall–Kier alpha value is -0.830. The summed E-state index contributed by atoms with van der Waals surface area (Å²) in [7, 11) is 1.86. The first-order valence-corrected chi connectivity index (χ1v) is 9.49. The van der Waals surface area contributed by atoms with E-state index in [9.17, 15) is 4.79 Å². The van der Waals surface area contributed by atoms with Crippen LogP contribution in [0, 0.1) is 23.2 Å². The molecule has 3 nitrogen and oxygen atoms in total. The van der Waals surface area contributed by atoms with E-state index < -0.39 is 0 Å². The van der Waals surface area contributed by atoms with E-state index in [0.29, 0.717) is 17.4 Å². The minimum Gasteiger partial charge on any atom is -0.381 e. The van der Waals surface area contributed by atoms with Crippen LogP contribution in [0.15, 0.2) is 11.6 Å². The minimum absolute atomic E-state index is 0.0436. The first-order valence-electron chi connectivity index (χ1n) is 9.49. The van der Waals surface area contributed by atoms with Gasteiger partial charge in [0.2, 0.25) is 5.91 Å². The summed E-state index contributed by atoms with van der Waals surface area (Å²) in [6.45, 7) is 4.82. The van der Waals surface area contributed by atoms with Crippen molar-refractivity contribution in [2.75, 3.05) is 7.11 Å². The number of fused-ring (bicyclic) bond motifs is 5. The van der Waals surface area contributed by atoms with Gasteiger partial charge in [0, 0.05) is 19.1 Å². The Morgan fingerprint density at radius 2 is 2.00 bits per heavy atom. The number of piperidine rings is 1. The third-order valence-electron chi connectivity index (χ3n) is 7.89. The predicted molar refractivity (Wildman–Crippen MR) is 90.9 cm³/mol. The molecule has 6 atom stereocenters. The summed E-state index contributed by atoms with van der Waals surface area (Å²) in [6.07, 6.45) is 12.0. The van der Waals surface area contributed by atoms with Gasteiger partial charge in [0.15, 0.2) is 0 Å². The molecule has 0 aromatic carbocycles. The summed E-state index contributed by atoms with van der Waals surface area (Å²) >= 11 is 0. The van der Waals surface area contributed by atoms with E-state index in [1.165, 1.54) is 25.7 Å². The van der Waals surface area contributed by atoms with Crippen molar-refractivity contribution in [3.05, 3.63) is 11.6 Å². The van der Waals surface area contributed by atoms with Gasteiger partial charge in [-0.2, -0.15) is 0 Å². The highest BCUT2D eigenvalue weighted by Gasteiger charge is 2.55. The number of methoxy groups -OCH3 is 1. The fraction of sp³-hybridized carbons (Fsp3) is 0.850. The molecule has 1 saturated heterocycles. The topological polar surface area (TPSA) is 38.3 Å². The average molecular weight is 317 g/mol. The Bertz CT molecular complexity index is 542. The van der Waals surface area contributed by atoms with Crippen molar-refractivity contribution in [1.29, 1.82) is 0 Å². The Morgan fingerprint density at radius 1 is 1.17 bits per heavy atom. The second-order valence-corrected chi connectivity index (χ2v) is 8.90. The standard InChI is InChI=1S/C20H31NO2/c1-19-10-8-14(23-3)12-13(19)4-5-15-16(19)9-11-20(2)17(15)6-7-18(22)21-20/h4,14-17H,5-12H2,1-3H3,(H,21,22)/t14-,15-,16+,17-,19+,20-/m1/s1. The maximum absolute atomic E-state index is 11.9.